The molecule has 0 amide bonds. The molecule has 0 aliphatic carbocycles. The van der Waals surface area contributed by atoms with Gasteiger partial charge in [-0.05, 0) is 32.0 Å². The second kappa shape index (κ2) is 7.89. The summed E-state index contributed by atoms with van der Waals surface area (Å²) in [6, 6.07) is 3.12. The number of nitrogens with zero attached hydrogens (tertiary/aromatic N) is 2. The minimum Gasteiger partial charge on any atom is -0.398 e. The lowest BCUT2D eigenvalue weighted by Crippen LogP contribution is -2.28. The standard InChI is InChI=1S/C13H23N3O2/c1-2-15(8-4-10-17)7-3-9-16-11-12(14)5-6-13(16)18/h5-6,11,17H,2-4,7-10,14H2,1H3. The third kappa shape index (κ3) is 4.89. The van der Waals surface area contributed by atoms with Crippen LogP contribution in [0.1, 0.15) is 19.8 Å². The zero-order valence-corrected chi connectivity index (χ0v) is 11.0. The van der Waals surface area contributed by atoms with Crippen molar-refractivity contribution in [3.05, 3.63) is 28.7 Å². The molecule has 1 aromatic rings. The summed E-state index contributed by atoms with van der Waals surface area (Å²) in [7, 11) is 0. The van der Waals surface area contributed by atoms with Crippen molar-refractivity contribution in [2.45, 2.75) is 26.3 Å². The van der Waals surface area contributed by atoms with Crippen LogP contribution in [0.3, 0.4) is 0 Å². The van der Waals surface area contributed by atoms with Crippen molar-refractivity contribution in [1.82, 2.24) is 9.47 Å². The largest absolute Gasteiger partial charge is 0.398 e. The molecular formula is C13H23N3O2. The van der Waals surface area contributed by atoms with Crippen molar-refractivity contribution in [3.8, 4) is 0 Å². The number of nitrogen functional groups attached to an aromatic ring is 1. The molecule has 1 heterocycles. The normalized spacial score (nSPS) is 11.1. The molecule has 102 valence electrons. The zero-order chi connectivity index (χ0) is 13.4. The highest BCUT2D eigenvalue weighted by Crippen LogP contribution is 1.99. The third-order valence-electron chi connectivity index (χ3n) is 2.96. The predicted octanol–water partition coefficient (Wildman–Crippen LogP) is 0.525. The molecule has 0 saturated carbocycles. The summed E-state index contributed by atoms with van der Waals surface area (Å²) in [6.07, 6.45) is 3.39. The summed E-state index contributed by atoms with van der Waals surface area (Å²) in [5.41, 5.74) is 6.25. The molecular weight excluding hydrogens is 230 g/mol. The van der Waals surface area contributed by atoms with Crippen LogP contribution in [0.25, 0.3) is 0 Å². The van der Waals surface area contributed by atoms with Gasteiger partial charge in [-0.2, -0.15) is 0 Å². The SMILES string of the molecule is CCN(CCCO)CCCn1cc(N)ccc1=O. The molecule has 0 saturated heterocycles. The monoisotopic (exact) mass is 253 g/mol. The number of aryl methyl sites for hydroxylation is 1. The summed E-state index contributed by atoms with van der Waals surface area (Å²) in [5.74, 6) is 0. The van der Waals surface area contributed by atoms with Crippen LogP contribution >= 0.6 is 0 Å². The smallest absolute Gasteiger partial charge is 0.250 e. The first-order chi connectivity index (χ1) is 8.67. The molecule has 0 aliphatic rings. The van der Waals surface area contributed by atoms with E-state index in [1.807, 2.05) is 0 Å². The van der Waals surface area contributed by atoms with Gasteiger partial charge in [-0.1, -0.05) is 6.92 Å². The van der Waals surface area contributed by atoms with Crippen LogP contribution in [-0.2, 0) is 6.54 Å². The molecule has 1 aromatic heterocycles. The highest BCUT2D eigenvalue weighted by Gasteiger charge is 2.02. The van der Waals surface area contributed by atoms with Crippen LogP contribution in [0.5, 0.6) is 0 Å². The van der Waals surface area contributed by atoms with Gasteiger partial charge < -0.3 is 20.3 Å². The molecule has 5 heteroatoms. The topological polar surface area (TPSA) is 71.5 Å². The Hall–Kier alpha value is -1.33. The lowest BCUT2D eigenvalue weighted by atomic mass is 10.3. The molecule has 0 radical (unpaired) electrons. The molecule has 0 aliphatic heterocycles. The first-order valence-corrected chi connectivity index (χ1v) is 6.46. The van der Waals surface area contributed by atoms with E-state index in [-0.39, 0.29) is 12.2 Å². The summed E-state index contributed by atoms with van der Waals surface area (Å²) in [5, 5.41) is 8.80. The number of nitrogens with two attached hydrogens (primary N) is 1. The lowest BCUT2D eigenvalue weighted by Gasteiger charge is -2.19. The van der Waals surface area contributed by atoms with E-state index in [1.54, 1.807) is 16.8 Å². The van der Waals surface area contributed by atoms with Gasteiger partial charge in [-0.25, -0.2) is 0 Å². The molecule has 0 bridgehead atoms. The average molecular weight is 253 g/mol. The predicted molar refractivity (Wildman–Crippen MR) is 73.5 cm³/mol. The van der Waals surface area contributed by atoms with Gasteiger partial charge in [0.2, 0.25) is 0 Å². The second-order valence-electron chi connectivity index (χ2n) is 4.36. The van der Waals surface area contributed by atoms with E-state index in [2.05, 4.69) is 11.8 Å². The summed E-state index contributed by atoms with van der Waals surface area (Å²) in [4.78, 5) is 13.8. The van der Waals surface area contributed by atoms with E-state index in [4.69, 9.17) is 10.8 Å². The third-order valence-corrected chi connectivity index (χ3v) is 2.96. The Morgan fingerprint density at radius 3 is 2.72 bits per heavy atom. The molecule has 0 spiro atoms. The minimum absolute atomic E-state index is 0.0115. The van der Waals surface area contributed by atoms with Gasteiger partial charge in [0.05, 0.1) is 0 Å². The van der Waals surface area contributed by atoms with E-state index < -0.39 is 0 Å². The fraction of sp³-hybridized carbons (Fsp3) is 0.615. The summed E-state index contributed by atoms with van der Waals surface area (Å²) < 4.78 is 1.65. The van der Waals surface area contributed by atoms with E-state index in [0.717, 1.165) is 32.5 Å². The van der Waals surface area contributed by atoms with Crippen molar-refractivity contribution in [1.29, 1.82) is 0 Å². The Labute approximate surface area is 108 Å². The molecule has 1 rings (SSSR count). The Morgan fingerprint density at radius 2 is 2.06 bits per heavy atom. The van der Waals surface area contributed by atoms with Gasteiger partial charge in [-0.3, -0.25) is 4.79 Å². The number of hydrogen-bond acceptors (Lipinski definition) is 4. The quantitative estimate of drug-likeness (QED) is 0.709. The maximum Gasteiger partial charge on any atom is 0.250 e. The second-order valence-corrected chi connectivity index (χ2v) is 4.36. The number of pyridine rings is 1. The van der Waals surface area contributed by atoms with Crippen LogP contribution in [-0.4, -0.2) is 40.8 Å². The zero-order valence-electron chi connectivity index (χ0n) is 11.0. The van der Waals surface area contributed by atoms with Crippen molar-refractivity contribution in [2.24, 2.45) is 0 Å². The Kier molecular flexibility index (Phi) is 6.46. The van der Waals surface area contributed by atoms with Crippen molar-refractivity contribution >= 4 is 5.69 Å². The van der Waals surface area contributed by atoms with Crippen molar-refractivity contribution < 1.29 is 5.11 Å². The van der Waals surface area contributed by atoms with E-state index >= 15 is 0 Å². The van der Waals surface area contributed by atoms with Gasteiger partial charge in [0.15, 0.2) is 0 Å². The van der Waals surface area contributed by atoms with Crippen LogP contribution in [0.4, 0.5) is 5.69 Å². The molecule has 0 fully saturated rings. The number of aliphatic hydroxyl groups excluding tert-OH is 1. The van der Waals surface area contributed by atoms with Gasteiger partial charge >= 0.3 is 0 Å². The first kappa shape index (κ1) is 14.7. The van der Waals surface area contributed by atoms with Crippen LogP contribution in [0.2, 0.25) is 0 Å². The molecule has 3 N–H and O–H groups in total. The highest BCUT2D eigenvalue weighted by atomic mass is 16.3. The van der Waals surface area contributed by atoms with E-state index in [0.29, 0.717) is 12.2 Å². The van der Waals surface area contributed by atoms with E-state index in [1.165, 1.54) is 6.07 Å². The highest BCUT2D eigenvalue weighted by molar-refractivity contribution is 5.33. The van der Waals surface area contributed by atoms with Gasteiger partial charge in [0.25, 0.3) is 5.56 Å². The molecule has 0 aromatic carbocycles. The fourth-order valence-corrected chi connectivity index (χ4v) is 1.91. The minimum atomic E-state index is -0.0115. The number of aromatic nitrogens is 1. The Bertz CT molecular complexity index is 403. The Balaban J connectivity index is 2.40. The number of anilines is 1. The van der Waals surface area contributed by atoms with Gasteiger partial charge in [-0.15, -0.1) is 0 Å². The fourth-order valence-electron chi connectivity index (χ4n) is 1.91. The van der Waals surface area contributed by atoms with Crippen molar-refractivity contribution in [2.75, 3.05) is 32.0 Å². The van der Waals surface area contributed by atoms with E-state index in [9.17, 15) is 4.79 Å². The number of aliphatic hydroxyl groups is 1. The molecule has 0 atom stereocenters. The van der Waals surface area contributed by atoms with Gasteiger partial charge in [0.1, 0.15) is 0 Å². The summed E-state index contributed by atoms with van der Waals surface area (Å²) in [6.45, 7) is 5.80. The van der Waals surface area contributed by atoms with Crippen molar-refractivity contribution in [3.63, 3.8) is 0 Å². The molecule has 5 nitrogen and oxygen atoms in total. The maximum atomic E-state index is 11.5. The summed E-state index contributed by atoms with van der Waals surface area (Å²) >= 11 is 0. The number of rotatable bonds is 8. The van der Waals surface area contributed by atoms with Gasteiger partial charge in [0, 0.05) is 37.6 Å². The average Bonchev–Trinajstić information content (AvgIpc) is 2.37. The first-order valence-electron chi connectivity index (χ1n) is 6.46. The maximum absolute atomic E-state index is 11.5. The lowest BCUT2D eigenvalue weighted by molar-refractivity contribution is 0.226. The van der Waals surface area contributed by atoms with Crippen LogP contribution < -0.4 is 11.3 Å². The number of hydrogen-bond donors (Lipinski definition) is 2. The molecule has 0 unspecified atom stereocenters. The molecule has 18 heavy (non-hydrogen) atoms. The Morgan fingerprint density at radius 1 is 1.33 bits per heavy atom. The van der Waals surface area contributed by atoms with Crippen LogP contribution in [0, 0.1) is 0 Å². The van der Waals surface area contributed by atoms with Crippen LogP contribution in [0.15, 0.2) is 23.1 Å².